The van der Waals surface area contributed by atoms with E-state index in [-0.39, 0.29) is 40.8 Å². The molecule has 10 nitrogen and oxygen atoms in total. The Morgan fingerprint density at radius 1 is 1.14 bits per heavy atom. The van der Waals surface area contributed by atoms with Crippen LogP contribution in [0.25, 0.3) is 10.9 Å². The molecule has 0 spiro atoms. The first kappa shape index (κ1) is 33.6. The lowest BCUT2D eigenvalue weighted by molar-refractivity contribution is -0.132. The average molecular weight is 578 g/mol. The van der Waals surface area contributed by atoms with Crippen LogP contribution in [0.5, 0.6) is 11.5 Å². The SMILES string of the molecule is C#C.CC(C)N.COc1cc2c(N)nc(N3[C@H](C)CN(C(=O)CCc4ccc(C#N)cc4)C[C@@H]3C)nc2c(F)c1OC. The molecule has 1 fully saturated rings. The zero-order chi connectivity index (χ0) is 31.6. The molecule has 2 aromatic carbocycles. The summed E-state index contributed by atoms with van der Waals surface area (Å²) in [6.45, 7) is 8.80. The van der Waals surface area contributed by atoms with Crippen LogP contribution >= 0.6 is 0 Å². The Kier molecular flexibility index (Phi) is 12.3. The number of carbonyl (C=O) groups excluding carboxylic acids is 1. The summed E-state index contributed by atoms with van der Waals surface area (Å²) in [6, 6.07) is 11.0. The van der Waals surface area contributed by atoms with Gasteiger partial charge in [-0.05, 0) is 50.1 Å². The number of ether oxygens (including phenoxy) is 2. The van der Waals surface area contributed by atoms with Crippen molar-refractivity contribution >= 4 is 28.6 Å². The van der Waals surface area contributed by atoms with Crippen LogP contribution in [-0.2, 0) is 11.2 Å². The van der Waals surface area contributed by atoms with Crippen LogP contribution in [0.15, 0.2) is 30.3 Å². The van der Waals surface area contributed by atoms with Gasteiger partial charge in [-0.15, -0.1) is 12.8 Å². The van der Waals surface area contributed by atoms with Crippen molar-refractivity contribution in [3.05, 3.63) is 47.3 Å². The van der Waals surface area contributed by atoms with Crippen LogP contribution in [0.4, 0.5) is 16.2 Å². The molecule has 0 saturated carbocycles. The van der Waals surface area contributed by atoms with E-state index in [9.17, 15) is 4.79 Å². The number of benzene rings is 2. The number of nitrogens with zero attached hydrogens (tertiary/aromatic N) is 5. The number of hydrogen-bond donors (Lipinski definition) is 2. The fraction of sp³-hybridized carbons (Fsp3) is 0.419. The third-order valence-corrected chi connectivity index (χ3v) is 6.51. The van der Waals surface area contributed by atoms with E-state index in [1.54, 1.807) is 18.2 Å². The Bertz CT molecular complexity index is 1410. The maximum atomic E-state index is 15.2. The number of nitrogen functional groups attached to an aromatic ring is 1. The number of rotatable bonds is 6. The minimum atomic E-state index is -0.667. The summed E-state index contributed by atoms with van der Waals surface area (Å²) in [7, 11) is 2.78. The number of hydrogen-bond acceptors (Lipinski definition) is 9. The molecule has 42 heavy (non-hydrogen) atoms. The lowest BCUT2D eigenvalue weighted by Gasteiger charge is -2.44. The number of aromatic nitrogens is 2. The zero-order valence-electron chi connectivity index (χ0n) is 25.1. The van der Waals surface area contributed by atoms with Gasteiger partial charge in [0.1, 0.15) is 11.3 Å². The van der Waals surface area contributed by atoms with Crippen LogP contribution in [0.3, 0.4) is 0 Å². The van der Waals surface area contributed by atoms with Gasteiger partial charge in [0.2, 0.25) is 11.9 Å². The normalized spacial score (nSPS) is 16.0. The highest BCUT2D eigenvalue weighted by Gasteiger charge is 2.34. The molecule has 0 unspecified atom stereocenters. The number of carbonyl (C=O) groups is 1. The van der Waals surface area contributed by atoms with Crippen LogP contribution in [0.2, 0.25) is 0 Å². The van der Waals surface area contributed by atoms with E-state index < -0.39 is 5.82 Å². The number of anilines is 2. The van der Waals surface area contributed by atoms with Crippen molar-refractivity contribution in [1.29, 1.82) is 5.26 Å². The number of halogens is 1. The predicted octanol–water partition coefficient (Wildman–Crippen LogP) is 3.90. The monoisotopic (exact) mass is 577 g/mol. The summed E-state index contributed by atoms with van der Waals surface area (Å²) in [5.74, 6) is -0.0159. The molecule has 1 saturated heterocycles. The van der Waals surface area contributed by atoms with Crippen LogP contribution in [0.1, 0.15) is 45.2 Å². The van der Waals surface area contributed by atoms with Gasteiger partial charge in [-0.25, -0.2) is 9.37 Å². The maximum absolute atomic E-state index is 15.2. The highest BCUT2D eigenvalue weighted by molar-refractivity contribution is 5.92. The Balaban J connectivity index is 0.000000947. The Hall–Kier alpha value is -4.61. The molecule has 2 atom stereocenters. The lowest BCUT2D eigenvalue weighted by atomic mass is 10.0. The van der Waals surface area contributed by atoms with Crippen LogP contribution < -0.4 is 25.8 Å². The van der Waals surface area contributed by atoms with Gasteiger partial charge in [-0.1, -0.05) is 26.0 Å². The molecule has 3 aromatic rings. The largest absolute Gasteiger partial charge is 0.493 e. The molecular formula is C31H40FN7O3. The predicted molar refractivity (Wildman–Crippen MR) is 164 cm³/mol. The van der Waals surface area contributed by atoms with Crippen molar-refractivity contribution in [3.8, 4) is 30.4 Å². The van der Waals surface area contributed by atoms with Crippen molar-refractivity contribution in [2.45, 2.75) is 58.7 Å². The third-order valence-electron chi connectivity index (χ3n) is 6.51. The second-order valence-corrected chi connectivity index (χ2v) is 10.2. The summed E-state index contributed by atoms with van der Waals surface area (Å²) in [6.07, 6.45) is 8.97. The smallest absolute Gasteiger partial charge is 0.228 e. The number of nitriles is 1. The molecule has 1 aliphatic rings. The summed E-state index contributed by atoms with van der Waals surface area (Å²) >= 11 is 0. The summed E-state index contributed by atoms with van der Waals surface area (Å²) in [5.41, 5.74) is 13.0. The van der Waals surface area contributed by atoms with Gasteiger partial charge in [0.25, 0.3) is 0 Å². The lowest BCUT2D eigenvalue weighted by Crippen LogP contribution is -2.58. The number of fused-ring (bicyclic) bond motifs is 1. The van der Waals surface area contributed by atoms with Gasteiger partial charge in [0.15, 0.2) is 17.3 Å². The van der Waals surface area contributed by atoms with Crippen LogP contribution in [0, 0.1) is 30.0 Å². The highest BCUT2D eigenvalue weighted by atomic mass is 19.1. The molecule has 1 amide bonds. The fourth-order valence-corrected chi connectivity index (χ4v) is 4.73. The molecule has 0 bridgehead atoms. The first-order valence-electron chi connectivity index (χ1n) is 13.5. The second kappa shape index (κ2) is 15.4. The number of amides is 1. The first-order chi connectivity index (χ1) is 20.0. The van der Waals surface area contributed by atoms with Crippen molar-refractivity contribution in [1.82, 2.24) is 14.9 Å². The highest BCUT2D eigenvalue weighted by Crippen LogP contribution is 2.38. The van der Waals surface area contributed by atoms with E-state index in [1.165, 1.54) is 14.2 Å². The number of nitrogens with two attached hydrogens (primary N) is 2. The van der Waals surface area contributed by atoms with Gasteiger partial charge in [-0.2, -0.15) is 10.2 Å². The van der Waals surface area contributed by atoms with Gasteiger partial charge in [0.05, 0.1) is 25.9 Å². The van der Waals surface area contributed by atoms with Crippen molar-refractivity contribution in [2.24, 2.45) is 5.73 Å². The molecule has 224 valence electrons. The molecule has 1 aromatic heterocycles. The first-order valence-corrected chi connectivity index (χ1v) is 13.5. The van der Waals surface area contributed by atoms with E-state index in [2.05, 4.69) is 28.9 Å². The molecule has 0 radical (unpaired) electrons. The van der Waals surface area contributed by atoms with Gasteiger partial charge >= 0.3 is 0 Å². The number of methoxy groups -OCH3 is 2. The fourth-order valence-electron chi connectivity index (χ4n) is 4.73. The number of terminal acetylenes is 1. The topological polar surface area (TPSA) is 144 Å². The molecular weight excluding hydrogens is 537 g/mol. The standard InChI is InChI=1S/C26H29FN6O3.C3H9N.C2H2/c1-15-13-32(21(34)10-9-17-5-7-18(12-28)8-6-17)14-16(2)33(15)26-30-23-19(25(29)31-26)11-20(35-3)24(36-4)22(23)27;1-3(2)4;1-2/h5-8,11,15-16H,9-10,13-14H2,1-4H3,(H2,29,30,31);3H,4H2,1-2H3;1-2H/t15-,16+;;. The number of piperazine rings is 1. The second-order valence-electron chi connectivity index (χ2n) is 10.2. The molecule has 4 rings (SSSR count). The maximum Gasteiger partial charge on any atom is 0.228 e. The van der Waals surface area contributed by atoms with E-state index in [4.69, 9.17) is 26.2 Å². The molecule has 11 heteroatoms. The van der Waals surface area contributed by atoms with Crippen molar-refractivity contribution in [2.75, 3.05) is 37.9 Å². The minimum Gasteiger partial charge on any atom is -0.493 e. The molecule has 2 heterocycles. The van der Waals surface area contributed by atoms with Crippen molar-refractivity contribution in [3.63, 3.8) is 0 Å². The molecule has 0 aliphatic carbocycles. The average Bonchev–Trinajstić information content (AvgIpc) is 2.96. The Labute approximate surface area is 247 Å². The minimum absolute atomic E-state index is 0.0483. The van der Waals surface area contributed by atoms with Gasteiger partial charge in [0, 0.05) is 37.0 Å². The quantitative estimate of drug-likeness (QED) is 0.417. The summed E-state index contributed by atoms with van der Waals surface area (Å²) in [4.78, 5) is 25.7. The molecule has 1 aliphatic heterocycles. The third kappa shape index (κ3) is 7.99. The Morgan fingerprint density at radius 3 is 2.21 bits per heavy atom. The van der Waals surface area contributed by atoms with E-state index in [1.807, 2.05) is 49.6 Å². The van der Waals surface area contributed by atoms with E-state index >= 15 is 4.39 Å². The van der Waals surface area contributed by atoms with Gasteiger partial charge in [-0.3, -0.25) is 4.79 Å². The Morgan fingerprint density at radius 2 is 1.71 bits per heavy atom. The van der Waals surface area contributed by atoms with Gasteiger partial charge < -0.3 is 30.7 Å². The molecule has 4 N–H and O–H groups in total. The summed E-state index contributed by atoms with van der Waals surface area (Å²) in [5, 5.41) is 9.27. The summed E-state index contributed by atoms with van der Waals surface area (Å²) < 4.78 is 25.6. The number of aryl methyl sites for hydroxylation is 1. The van der Waals surface area contributed by atoms with Crippen LogP contribution in [-0.4, -0.2) is 66.2 Å². The van der Waals surface area contributed by atoms with E-state index in [0.29, 0.717) is 48.9 Å². The zero-order valence-corrected chi connectivity index (χ0v) is 25.1. The van der Waals surface area contributed by atoms with Crippen molar-refractivity contribution < 1.29 is 18.7 Å². The van der Waals surface area contributed by atoms with E-state index in [0.717, 1.165) is 5.56 Å².